The summed E-state index contributed by atoms with van der Waals surface area (Å²) in [6, 6.07) is 0.636. The van der Waals surface area contributed by atoms with Gasteiger partial charge in [-0.3, -0.25) is 9.69 Å². The fraction of sp³-hybridized carbons (Fsp3) is 0.923. The zero-order valence-electron chi connectivity index (χ0n) is 10.4. The molecule has 0 amide bonds. The van der Waals surface area contributed by atoms with E-state index >= 15 is 0 Å². The quantitative estimate of drug-likeness (QED) is 0.784. The molecule has 0 aromatic carbocycles. The number of aliphatic carboxylic acids is 1. The first kappa shape index (κ1) is 11.9. The lowest BCUT2D eigenvalue weighted by Crippen LogP contribution is -2.44. The first-order valence-corrected chi connectivity index (χ1v) is 6.45. The van der Waals surface area contributed by atoms with Crippen LogP contribution in [-0.2, 0) is 4.79 Å². The molecule has 1 saturated carbocycles. The summed E-state index contributed by atoms with van der Waals surface area (Å²) in [5.74, 6) is -0.737. The molecule has 0 bridgehead atoms. The summed E-state index contributed by atoms with van der Waals surface area (Å²) in [5.41, 5.74) is 0.459. The predicted molar refractivity (Wildman–Crippen MR) is 63.4 cm³/mol. The van der Waals surface area contributed by atoms with Crippen molar-refractivity contribution in [3.8, 4) is 0 Å². The number of nitrogens with zero attached hydrogens (tertiary/aromatic N) is 1. The topological polar surface area (TPSA) is 40.5 Å². The molecule has 2 unspecified atom stereocenters. The number of hydrogen-bond acceptors (Lipinski definition) is 2. The van der Waals surface area contributed by atoms with E-state index in [1.807, 2.05) is 0 Å². The smallest absolute Gasteiger partial charge is 0.307 e. The molecular weight excluding hydrogens is 202 g/mol. The van der Waals surface area contributed by atoms with E-state index in [4.69, 9.17) is 5.11 Å². The van der Waals surface area contributed by atoms with Crippen LogP contribution >= 0.6 is 0 Å². The Morgan fingerprint density at radius 3 is 2.69 bits per heavy atom. The molecule has 1 N–H and O–H groups in total. The Morgan fingerprint density at radius 1 is 1.38 bits per heavy atom. The third-order valence-corrected chi connectivity index (χ3v) is 4.26. The van der Waals surface area contributed by atoms with Gasteiger partial charge in [0, 0.05) is 12.6 Å². The Labute approximate surface area is 97.8 Å². The van der Waals surface area contributed by atoms with Crippen LogP contribution in [0.2, 0.25) is 0 Å². The molecule has 0 radical (unpaired) electrons. The molecule has 2 rings (SSSR count). The molecule has 3 heteroatoms. The first-order valence-electron chi connectivity index (χ1n) is 6.45. The normalized spacial score (nSPS) is 35.1. The number of rotatable bonds is 2. The van der Waals surface area contributed by atoms with Crippen molar-refractivity contribution in [1.29, 1.82) is 0 Å². The molecular formula is C13H23NO2. The Morgan fingerprint density at radius 2 is 2.12 bits per heavy atom. The van der Waals surface area contributed by atoms with Gasteiger partial charge in [-0.25, -0.2) is 0 Å². The van der Waals surface area contributed by atoms with Crippen molar-refractivity contribution < 1.29 is 9.90 Å². The minimum absolute atomic E-state index is 0.127. The summed E-state index contributed by atoms with van der Waals surface area (Å²) in [4.78, 5) is 13.4. The largest absolute Gasteiger partial charge is 0.481 e. The van der Waals surface area contributed by atoms with Crippen molar-refractivity contribution in [3.63, 3.8) is 0 Å². The van der Waals surface area contributed by atoms with Gasteiger partial charge in [0.05, 0.1) is 5.92 Å². The summed E-state index contributed by atoms with van der Waals surface area (Å²) in [6.07, 6.45) is 5.68. The van der Waals surface area contributed by atoms with E-state index in [2.05, 4.69) is 18.7 Å². The van der Waals surface area contributed by atoms with Gasteiger partial charge in [0.25, 0.3) is 0 Å². The second-order valence-corrected chi connectivity index (χ2v) is 6.23. The van der Waals surface area contributed by atoms with Gasteiger partial charge in [0.1, 0.15) is 0 Å². The van der Waals surface area contributed by atoms with Crippen molar-refractivity contribution in [1.82, 2.24) is 4.90 Å². The van der Waals surface area contributed by atoms with E-state index < -0.39 is 5.97 Å². The molecule has 2 atom stereocenters. The van der Waals surface area contributed by atoms with Gasteiger partial charge in [-0.1, -0.05) is 13.8 Å². The van der Waals surface area contributed by atoms with E-state index in [1.165, 1.54) is 19.3 Å². The Kier molecular flexibility index (Phi) is 3.24. The molecule has 3 nitrogen and oxygen atoms in total. The third-order valence-electron chi connectivity index (χ3n) is 4.26. The second kappa shape index (κ2) is 4.36. The highest BCUT2D eigenvalue weighted by Crippen LogP contribution is 2.40. The molecule has 92 valence electrons. The summed E-state index contributed by atoms with van der Waals surface area (Å²) in [6.45, 7) is 6.53. The van der Waals surface area contributed by atoms with E-state index in [0.717, 1.165) is 25.9 Å². The van der Waals surface area contributed by atoms with E-state index in [0.29, 0.717) is 11.5 Å². The zero-order chi connectivity index (χ0) is 11.8. The van der Waals surface area contributed by atoms with Gasteiger partial charge in [0.2, 0.25) is 0 Å². The Bertz CT molecular complexity index is 275. The van der Waals surface area contributed by atoms with Crippen molar-refractivity contribution in [3.05, 3.63) is 0 Å². The summed E-state index contributed by atoms with van der Waals surface area (Å²) in [5, 5.41) is 9.07. The van der Waals surface area contributed by atoms with Crippen molar-refractivity contribution >= 4 is 5.97 Å². The third kappa shape index (κ3) is 2.57. The summed E-state index contributed by atoms with van der Waals surface area (Å²) >= 11 is 0. The van der Waals surface area contributed by atoms with Gasteiger partial charge >= 0.3 is 5.97 Å². The lowest BCUT2D eigenvalue weighted by molar-refractivity contribution is -0.143. The highest BCUT2D eigenvalue weighted by Gasteiger charge is 2.37. The Balaban J connectivity index is 1.93. The van der Waals surface area contributed by atoms with Crippen LogP contribution in [0.3, 0.4) is 0 Å². The second-order valence-electron chi connectivity index (χ2n) is 6.23. The fourth-order valence-electron chi connectivity index (χ4n) is 3.25. The summed E-state index contributed by atoms with van der Waals surface area (Å²) in [7, 11) is 0. The fourth-order valence-corrected chi connectivity index (χ4v) is 3.25. The number of hydrogen-bond donors (Lipinski definition) is 1. The van der Waals surface area contributed by atoms with Crippen LogP contribution in [0.25, 0.3) is 0 Å². The molecule has 1 saturated heterocycles. The van der Waals surface area contributed by atoms with Crippen molar-refractivity contribution in [2.45, 2.75) is 52.0 Å². The lowest BCUT2D eigenvalue weighted by Gasteiger charge is -2.35. The number of likely N-dealkylation sites (tertiary alicyclic amines) is 1. The summed E-state index contributed by atoms with van der Waals surface area (Å²) < 4.78 is 0. The minimum Gasteiger partial charge on any atom is -0.481 e. The van der Waals surface area contributed by atoms with Crippen LogP contribution in [0, 0.1) is 11.3 Å². The van der Waals surface area contributed by atoms with Gasteiger partial charge in [0.15, 0.2) is 0 Å². The molecule has 0 aromatic heterocycles. The van der Waals surface area contributed by atoms with Crippen LogP contribution in [0.5, 0.6) is 0 Å². The molecule has 0 spiro atoms. The van der Waals surface area contributed by atoms with Crippen LogP contribution < -0.4 is 0 Å². The van der Waals surface area contributed by atoms with Crippen LogP contribution in [0.4, 0.5) is 0 Å². The average molecular weight is 225 g/mol. The molecule has 1 aliphatic heterocycles. The van der Waals surface area contributed by atoms with E-state index in [9.17, 15) is 4.79 Å². The SMILES string of the molecule is CC1(C)CCC(N2CCCC(C(=O)O)C2)C1. The molecule has 0 aromatic rings. The maximum absolute atomic E-state index is 11.0. The highest BCUT2D eigenvalue weighted by atomic mass is 16.4. The van der Waals surface area contributed by atoms with Gasteiger partial charge in [-0.05, 0) is 44.1 Å². The molecule has 2 aliphatic rings. The van der Waals surface area contributed by atoms with Gasteiger partial charge < -0.3 is 5.11 Å². The molecule has 1 heterocycles. The monoisotopic (exact) mass is 225 g/mol. The lowest BCUT2D eigenvalue weighted by atomic mass is 9.91. The molecule has 16 heavy (non-hydrogen) atoms. The highest BCUT2D eigenvalue weighted by molar-refractivity contribution is 5.70. The average Bonchev–Trinajstić information content (AvgIpc) is 2.59. The molecule has 1 aliphatic carbocycles. The first-order chi connectivity index (χ1) is 7.48. The van der Waals surface area contributed by atoms with Crippen molar-refractivity contribution in [2.24, 2.45) is 11.3 Å². The number of carboxylic acid groups (broad SMARTS) is 1. The maximum Gasteiger partial charge on any atom is 0.307 e. The van der Waals surface area contributed by atoms with Crippen LogP contribution in [-0.4, -0.2) is 35.1 Å². The number of carboxylic acids is 1. The minimum atomic E-state index is -0.609. The van der Waals surface area contributed by atoms with E-state index in [1.54, 1.807) is 0 Å². The van der Waals surface area contributed by atoms with Crippen LogP contribution in [0.1, 0.15) is 46.0 Å². The standard InChI is InChI=1S/C13H23NO2/c1-13(2)6-5-11(8-13)14-7-3-4-10(9-14)12(15)16/h10-11H,3-9H2,1-2H3,(H,15,16). The van der Waals surface area contributed by atoms with Crippen LogP contribution in [0.15, 0.2) is 0 Å². The van der Waals surface area contributed by atoms with Gasteiger partial charge in [-0.15, -0.1) is 0 Å². The van der Waals surface area contributed by atoms with Crippen molar-refractivity contribution in [2.75, 3.05) is 13.1 Å². The number of piperidine rings is 1. The molecule has 2 fully saturated rings. The predicted octanol–water partition coefficient (Wildman–Crippen LogP) is 2.36. The zero-order valence-corrected chi connectivity index (χ0v) is 10.4. The maximum atomic E-state index is 11.0. The number of carbonyl (C=O) groups is 1. The Hall–Kier alpha value is -0.570. The van der Waals surface area contributed by atoms with Gasteiger partial charge in [-0.2, -0.15) is 0 Å². The van der Waals surface area contributed by atoms with E-state index in [-0.39, 0.29) is 5.92 Å².